The highest BCUT2D eigenvalue weighted by Gasteiger charge is 2.30. The summed E-state index contributed by atoms with van der Waals surface area (Å²) in [5, 5.41) is 2.33. The first-order chi connectivity index (χ1) is 13.6. The van der Waals surface area contributed by atoms with Crippen LogP contribution in [0, 0.1) is 0 Å². The molecule has 0 aliphatic heterocycles. The van der Waals surface area contributed by atoms with E-state index in [1.807, 2.05) is 0 Å². The van der Waals surface area contributed by atoms with Gasteiger partial charge in [-0.3, -0.25) is 5.32 Å². The van der Waals surface area contributed by atoms with E-state index < -0.39 is 27.9 Å². The Kier molecular flexibility index (Phi) is 5.48. The quantitative estimate of drug-likeness (QED) is 0.578. The molecule has 0 saturated heterocycles. The molecule has 12 heteroatoms. The number of benzene rings is 2. The van der Waals surface area contributed by atoms with Crippen molar-refractivity contribution in [2.45, 2.75) is 17.6 Å². The van der Waals surface area contributed by atoms with E-state index in [1.54, 1.807) is 0 Å². The lowest BCUT2D eigenvalue weighted by Crippen LogP contribution is -2.23. The minimum atomic E-state index is -4.46. The maximum atomic E-state index is 12.6. The number of sulfonamides is 1. The number of H-pyrrole nitrogens is 1. The van der Waals surface area contributed by atoms with E-state index in [9.17, 15) is 26.4 Å². The standard InChI is InChI=1S/C17H15F3N4O4S/c1-28-16(25)24-15-22-13-7-6-12(8-14(13)23-15)29(26,27)21-9-10-2-4-11(5-3-10)17(18,19)20/h2-8,21H,9H2,1H3,(H2,22,23,24,25). The average molecular weight is 428 g/mol. The molecule has 1 aromatic heterocycles. The van der Waals surface area contributed by atoms with E-state index in [0.29, 0.717) is 16.6 Å². The fourth-order valence-corrected chi connectivity index (χ4v) is 3.48. The number of methoxy groups -OCH3 is 1. The Morgan fingerprint density at radius 3 is 2.48 bits per heavy atom. The normalized spacial score (nSPS) is 12.1. The van der Waals surface area contributed by atoms with E-state index in [-0.39, 0.29) is 17.4 Å². The number of amides is 1. The van der Waals surface area contributed by atoms with E-state index in [1.165, 1.54) is 37.4 Å². The van der Waals surface area contributed by atoms with Gasteiger partial charge in [-0.25, -0.2) is 22.9 Å². The maximum Gasteiger partial charge on any atom is 0.416 e. The molecule has 0 spiro atoms. The van der Waals surface area contributed by atoms with Crippen LogP contribution in [0.3, 0.4) is 0 Å². The summed E-state index contributed by atoms with van der Waals surface area (Å²) in [4.78, 5) is 18.0. The number of hydrogen-bond donors (Lipinski definition) is 3. The second kappa shape index (κ2) is 7.72. The molecule has 0 bridgehead atoms. The number of alkyl halides is 3. The van der Waals surface area contributed by atoms with Gasteiger partial charge in [0.25, 0.3) is 0 Å². The van der Waals surface area contributed by atoms with Gasteiger partial charge in [0.1, 0.15) is 0 Å². The predicted octanol–water partition coefficient (Wildman–Crippen LogP) is 3.24. The fraction of sp³-hybridized carbons (Fsp3) is 0.176. The molecule has 1 amide bonds. The van der Waals surface area contributed by atoms with Crippen LogP contribution in [0.4, 0.5) is 23.9 Å². The number of carbonyl (C=O) groups excluding carboxylic acids is 1. The predicted molar refractivity (Wildman–Crippen MR) is 97.6 cm³/mol. The first-order valence-corrected chi connectivity index (χ1v) is 9.57. The average Bonchev–Trinajstić information content (AvgIpc) is 3.07. The van der Waals surface area contributed by atoms with Crippen LogP contribution in [0.15, 0.2) is 47.4 Å². The molecule has 2 aromatic carbocycles. The Morgan fingerprint density at radius 2 is 1.86 bits per heavy atom. The summed E-state index contributed by atoms with van der Waals surface area (Å²) in [5.74, 6) is 0.0825. The number of ether oxygens (including phenoxy) is 1. The zero-order valence-electron chi connectivity index (χ0n) is 14.9. The third-order valence-electron chi connectivity index (χ3n) is 3.92. The molecule has 29 heavy (non-hydrogen) atoms. The second-order valence-corrected chi connectivity index (χ2v) is 7.67. The van der Waals surface area contributed by atoms with Gasteiger partial charge < -0.3 is 9.72 Å². The van der Waals surface area contributed by atoms with Gasteiger partial charge in [-0.15, -0.1) is 0 Å². The van der Waals surface area contributed by atoms with Crippen molar-refractivity contribution < 1.29 is 31.1 Å². The Labute approximate surface area is 163 Å². The Hall–Kier alpha value is -3.12. The SMILES string of the molecule is COC(=O)Nc1nc2ccc(S(=O)(=O)NCc3ccc(C(F)(F)F)cc3)cc2[nH]1. The lowest BCUT2D eigenvalue weighted by atomic mass is 10.1. The molecule has 0 fully saturated rings. The number of carbonyl (C=O) groups is 1. The van der Waals surface area contributed by atoms with Crippen LogP contribution in [0.2, 0.25) is 0 Å². The van der Waals surface area contributed by atoms with Gasteiger partial charge in [0.2, 0.25) is 16.0 Å². The van der Waals surface area contributed by atoms with E-state index in [2.05, 4.69) is 24.7 Å². The van der Waals surface area contributed by atoms with Crippen molar-refractivity contribution in [3.05, 3.63) is 53.6 Å². The summed E-state index contributed by atoms with van der Waals surface area (Å²) in [6.07, 6.45) is -5.20. The zero-order valence-corrected chi connectivity index (χ0v) is 15.7. The highest BCUT2D eigenvalue weighted by Crippen LogP contribution is 2.29. The number of aromatic nitrogens is 2. The number of nitrogens with zero attached hydrogens (tertiary/aromatic N) is 1. The highest BCUT2D eigenvalue weighted by atomic mass is 32.2. The van der Waals surface area contributed by atoms with Crippen LogP contribution < -0.4 is 10.0 Å². The number of rotatable bonds is 5. The van der Waals surface area contributed by atoms with Gasteiger partial charge in [-0.2, -0.15) is 13.2 Å². The molecule has 3 N–H and O–H groups in total. The third-order valence-corrected chi connectivity index (χ3v) is 5.32. The van der Waals surface area contributed by atoms with Crippen LogP contribution in [0.25, 0.3) is 11.0 Å². The molecule has 0 saturated carbocycles. The Morgan fingerprint density at radius 1 is 1.17 bits per heavy atom. The first-order valence-electron chi connectivity index (χ1n) is 8.09. The van der Waals surface area contributed by atoms with Crippen molar-refractivity contribution in [3.8, 4) is 0 Å². The molecule has 1 heterocycles. The minimum absolute atomic E-state index is 0.0785. The molecular formula is C17H15F3N4O4S. The van der Waals surface area contributed by atoms with Crippen molar-refractivity contribution in [2.24, 2.45) is 0 Å². The Bertz CT molecular complexity index is 1140. The zero-order chi connectivity index (χ0) is 21.2. The number of anilines is 1. The summed E-state index contributed by atoms with van der Waals surface area (Å²) in [7, 11) is -2.75. The monoisotopic (exact) mass is 428 g/mol. The fourth-order valence-electron chi connectivity index (χ4n) is 2.44. The molecule has 3 rings (SSSR count). The molecular weight excluding hydrogens is 413 g/mol. The number of nitrogens with one attached hydrogen (secondary N) is 3. The smallest absolute Gasteiger partial charge is 0.416 e. The summed E-state index contributed by atoms with van der Waals surface area (Å²) < 4.78 is 69.5. The maximum absolute atomic E-state index is 12.6. The van der Waals surface area contributed by atoms with Gasteiger partial charge >= 0.3 is 12.3 Å². The largest absolute Gasteiger partial charge is 0.453 e. The number of hydrogen-bond acceptors (Lipinski definition) is 5. The van der Waals surface area contributed by atoms with Crippen molar-refractivity contribution in [1.82, 2.24) is 14.7 Å². The van der Waals surface area contributed by atoms with E-state index in [0.717, 1.165) is 12.1 Å². The number of aromatic amines is 1. The summed E-state index contributed by atoms with van der Waals surface area (Å²) >= 11 is 0. The van der Waals surface area contributed by atoms with E-state index >= 15 is 0 Å². The number of imidazole rings is 1. The first kappa shape index (κ1) is 20.6. The molecule has 154 valence electrons. The van der Waals surface area contributed by atoms with Gasteiger partial charge in [-0.1, -0.05) is 12.1 Å². The van der Waals surface area contributed by atoms with Gasteiger partial charge in [0.15, 0.2) is 0 Å². The summed E-state index contributed by atoms with van der Waals surface area (Å²) in [5.41, 5.74) is 0.325. The van der Waals surface area contributed by atoms with Crippen LogP contribution in [-0.2, 0) is 27.5 Å². The number of halogens is 3. The molecule has 0 radical (unpaired) electrons. The van der Waals surface area contributed by atoms with Gasteiger partial charge in [0.05, 0.1) is 28.6 Å². The molecule has 0 atom stereocenters. The topological polar surface area (TPSA) is 113 Å². The minimum Gasteiger partial charge on any atom is -0.453 e. The molecule has 3 aromatic rings. The van der Waals surface area contributed by atoms with E-state index in [4.69, 9.17) is 0 Å². The molecule has 8 nitrogen and oxygen atoms in total. The van der Waals surface area contributed by atoms with Crippen molar-refractivity contribution >= 4 is 33.1 Å². The van der Waals surface area contributed by atoms with Crippen molar-refractivity contribution in [2.75, 3.05) is 12.4 Å². The van der Waals surface area contributed by atoms with Crippen molar-refractivity contribution in [1.29, 1.82) is 0 Å². The summed E-state index contributed by atoms with van der Waals surface area (Å²) in [6, 6.07) is 8.26. The van der Waals surface area contributed by atoms with Crippen LogP contribution in [0.1, 0.15) is 11.1 Å². The Balaban J connectivity index is 1.74. The van der Waals surface area contributed by atoms with Crippen molar-refractivity contribution in [3.63, 3.8) is 0 Å². The lowest BCUT2D eigenvalue weighted by molar-refractivity contribution is -0.137. The van der Waals surface area contributed by atoms with Gasteiger partial charge in [0, 0.05) is 6.54 Å². The van der Waals surface area contributed by atoms with Crippen LogP contribution in [-0.4, -0.2) is 31.6 Å². The summed E-state index contributed by atoms with van der Waals surface area (Å²) in [6.45, 7) is -0.184. The second-order valence-electron chi connectivity index (χ2n) is 5.90. The lowest BCUT2D eigenvalue weighted by Gasteiger charge is -2.09. The molecule has 0 aliphatic carbocycles. The molecule has 0 unspecified atom stereocenters. The van der Waals surface area contributed by atoms with Crippen LogP contribution >= 0.6 is 0 Å². The van der Waals surface area contributed by atoms with Crippen LogP contribution in [0.5, 0.6) is 0 Å². The van der Waals surface area contributed by atoms with Gasteiger partial charge in [-0.05, 0) is 35.9 Å². The number of fused-ring (bicyclic) bond motifs is 1. The highest BCUT2D eigenvalue weighted by molar-refractivity contribution is 7.89. The molecule has 0 aliphatic rings. The third kappa shape index (κ3) is 4.84.